The average Bonchev–Trinajstić information content (AvgIpc) is 3.54. The monoisotopic (exact) mass is 563 g/mol. The first-order valence-corrected chi connectivity index (χ1v) is 14.8. The summed E-state index contributed by atoms with van der Waals surface area (Å²) in [6.45, 7) is 8.55. The number of likely N-dealkylation sites (N-methyl/N-ethyl adjacent to an activating group) is 1. The molecule has 0 radical (unpaired) electrons. The van der Waals surface area contributed by atoms with Crippen molar-refractivity contribution in [3.05, 3.63) is 64.0 Å². The van der Waals surface area contributed by atoms with E-state index in [1.54, 1.807) is 16.2 Å². The third kappa shape index (κ3) is 5.71. The number of aryl methyl sites for hydroxylation is 2. The van der Waals surface area contributed by atoms with E-state index in [0.29, 0.717) is 25.3 Å². The maximum atomic E-state index is 12.8. The number of aliphatic hydroxyl groups is 1. The van der Waals surface area contributed by atoms with Gasteiger partial charge in [0.1, 0.15) is 12.4 Å². The quantitative estimate of drug-likeness (QED) is 0.358. The number of ether oxygens (including phenoxy) is 1. The number of amides is 1. The van der Waals surface area contributed by atoms with Crippen LogP contribution in [-0.2, 0) is 11.4 Å². The Kier molecular flexibility index (Phi) is 8.42. The van der Waals surface area contributed by atoms with Crippen molar-refractivity contribution >= 4 is 28.3 Å². The molecule has 2 aliphatic rings. The number of carbonyl (C=O) groups excluding carboxylic acids is 1. The van der Waals surface area contributed by atoms with Crippen LogP contribution in [0.15, 0.2) is 41.8 Å². The average molecular weight is 564 g/mol. The zero-order valence-electron chi connectivity index (χ0n) is 23.3. The highest BCUT2D eigenvalue weighted by molar-refractivity contribution is 7.14. The van der Waals surface area contributed by atoms with Gasteiger partial charge in [0.2, 0.25) is 0 Å². The summed E-state index contributed by atoms with van der Waals surface area (Å²) in [4.78, 5) is 33.4. The second-order valence-corrected chi connectivity index (χ2v) is 11.8. The number of rotatable bonds is 10. The van der Waals surface area contributed by atoms with Crippen LogP contribution in [0.1, 0.15) is 46.8 Å². The number of benzene rings is 2. The maximum absolute atomic E-state index is 12.8. The van der Waals surface area contributed by atoms with E-state index in [1.807, 2.05) is 51.1 Å². The molecule has 1 saturated heterocycles. The van der Waals surface area contributed by atoms with Crippen LogP contribution in [0.3, 0.4) is 0 Å². The highest BCUT2D eigenvalue weighted by Gasteiger charge is 2.46. The summed E-state index contributed by atoms with van der Waals surface area (Å²) in [5.41, 5.74) is 5.45. The van der Waals surface area contributed by atoms with Crippen LogP contribution >= 0.6 is 11.3 Å². The lowest BCUT2D eigenvalue weighted by Crippen LogP contribution is -2.44. The molecule has 9 heteroatoms. The molecule has 2 bridgehead atoms. The van der Waals surface area contributed by atoms with E-state index in [-0.39, 0.29) is 30.3 Å². The van der Waals surface area contributed by atoms with E-state index in [4.69, 9.17) is 9.72 Å². The minimum Gasteiger partial charge on any atom is -0.488 e. The summed E-state index contributed by atoms with van der Waals surface area (Å²) in [6.07, 6.45) is 1.95. The Bertz CT molecular complexity index is 1380. The number of anilines is 1. The first kappa shape index (κ1) is 28.1. The van der Waals surface area contributed by atoms with Crippen molar-refractivity contribution < 1.29 is 24.5 Å². The first-order chi connectivity index (χ1) is 19.3. The number of fused-ring (bicyclic) bond motifs is 2. The Hall–Kier alpha value is -3.43. The molecule has 3 aromatic rings. The molecule has 2 N–H and O–H groups in total. The Morgan fingerprint density at radius 2 is 1.88 bits per heavy atom. The number of carboxylic acid groups (broad SMARTS) is 1. The van der Waals surface area contributed by atoms with Crippen molar-refractivity contribution in [3.63, 3.8) is 0 Å². The fraction of sp³-hybridized carbons (Fsp3) is 0.452. The molecule has 40 heavy (non-hydrogen) atoms. The van der Waals surface area contributed by atoms with Crippen LogP contribution in [0.2, 0.25) is 0 Å². The zero-order valence-corrected chi connectivity index (χ0v) is 24.1. The van der Waals surface area contributed by atoms with Gasteiger partial charge in [0, 0.05) is 42.7 Å². The van der Waals surface area contributed by atoms with Gasteiger partial charge in [-0.25, -0.2) is 4.98 Å². The van der Waals surface area contributed by atoms with Gasteiger partial charge in [-0.3, -0.25) is 9.59 Å². The van der Waals surface area contributed by atoms with Crippen LogP contribution < -0.4 is 9.64 Å². The number of thiazole rings is 1. The van der Waals surface area contributed by atoms with Crippen LogP contribution in [-0.4, -0.2) is 64.8 Å². The number of piperidine rings is 1. The van der Waals surface area contributed by atoms with E-state index in [1.165, 1.54) is 0 Å². The molecular weight excluding hydrogens is 526 g/mol. The topological polar surface area (TPSA) is 103 Å². The highest BCUT2D eigenvalue weighted by Crippen LogP contribution is 2.44. The smallest absolute Gasteiger partial charge is 0.307 e. The molecular formula is C31H37N3O5S. The molecule has 1 aliphatic carbocycles. The fourth-order valence-corrected chi connectivity index (χ4v) is 6.98. The Morgan fingerprint density at radius 3 is 2.52 bits per heavy atom. The number of carboxylic acids is 1. The van der Waals surface area contributed by atoms with Crippen molar-refractivity contribution in [1.82, 2.24) is 9.88 Å². The van der Waals surface area contributed by atoms with E-state index in [2.05, 4.69) is 16.3 Å². The summed E-state index contributed by atoms with van der Waals surface area (Å²) in [7, 11) is 0. The van der Waals surface area contributed by atoms with Gasteiger partial charge < -0.3 is 24.7 Å². The van der Waals surface area contributed by atoms with Gasteiger partial charge in [-0.2, -0.15) is 0 Å². The van der Waals surface area contributed by atoms with Crippen molar-refractivity contribution in [3.8, 4) is 17.0 Å². The predicted octanol–water partition coefficient (Wildman–Crippen LogP) is 5.01. The van der Waals surface area contributed by atoms with E-state index >= 15 is 0 Å². The second-order valence-electron chi connectivity index (χ2n) is 10.9. The third-order valence-electron chi connectivity index (χ3n) is 8.30. The summed E-state index contributed by atoms with van der Waals surface area (Å²) in [6, 6.07) is 11.7. The number of hydrogen-bond acceptors (Lipinski definition) is 7. The molecule has 212 valence electrons. The molecule has 0 spiro atoms. The lowest BCUT2D eigenvalue weighted by Gasteiger charge is -2.35. The fourth-order valence-electron chi connectivity index (χ4n) is 6.14. The molecule has 1 amide bonds. The lowest BCUT2D eigenvalue weighted by molar-refractivity contribution is -0.144. The van der Waals surface area contributed by atoms with Crippen LogP contribution in [0.4, 0.5) is 5.13 Å². The number of hydrogen-bond donors (Lipinski definition) is 2. The Balaban J connectivity index is 1.30. The molecule has 2 unspecified atom stereocenters. The minimum atomic E-state index is -0.658. The second kappa shape index (κ2) is 12.0. The Labute approximate surface area is 239 Å². The number of aliphatic carboxylic acids is 1. The molecule has 8 nitrogen and oxygen atoms in total. The standard InChI is InChI=1S/C31H37N3O5S/c1-4-33(11-12-35)29(36)21-6-9-24(20(3)14-21)17-39-27-10-5-19(2)13-25(27)26-18-40-31(32-26)34-15-22-7-8-23(16-34)28(22)30(37)38/h5-6,9-10,13-14,18,22-23,28,35H,4,7-8,11-12,15-17H2,1-3H3,(H,37,38). The number of aliphatic hydroxyl groups excluding tert-OH is 1. The van der Waals surface area contributed by atoms with Gasteiger partial charge >= 0.3 is 5.97 Å². The van der Waals surface area contributed by atoms with Gasteiger partial charge in [0.15, 0.2) is 5.13 Å². The van der Waals surface area contributed by atoms with Gasteiger partial charge in [-0.15, -0.1) is 11.3 Å². The van der Waals surface area contributed by atoms with Crippen molar-refractivity contribution in [2.75, 3.05) is 37.7 Å². The van der Waals surface area contributed by atoms with Crippen molar-refractivity contribution in [1.29, 1.82) is 0 Å². The number of nitrogens with zero attached hydrogens (tertiary/aromatic N) is 3. The SMILES string of the molecule is CCN(CCO)C(=O)c1ccc(COc2ccc(C)cc2-c2csc(N3CC4CCC(C3)C4C(=O)O)n2)c(C)c1. The molecule has 2 fully saturated rings. The summed E-state index contributed by atoms with van der Waals surface area (Å²) >= 11 is 1.60. The highest BCUT2D eigenvalue weighted by atomic mass is 32.1. The van der Waals surface area contributed by atoms with Crippen LogP contribution in [0.25, 0.3) is 11.3 Å². The van der Waals surface area contributed by atoms with Gasteiger partial charge in [-0.05, 0) is 80.8 Å². The predicted molar refractivity (Wildman–Crippen MR) is 156 cm³/mol. The van der Waals surface area contributed by atoms with Crippen LogP contribution in [0, 0.1) is 31.6 Å². The van der Waals surface area contributed by atoms with E-state index in [9.17, 15) is 19.8 Å². The Morgan fingerprint density at radius 1 is 1.12 bits per heavy atom. The molecule has 5 rings (SSSR count). The first-order valence-electron chi connectivity index (χ1n) is 14.0. The number of aromatic nitrogens is 1. The van der Waals surface area contributed by atoms with Gasteiger partial charge in [0.05, 0.1) is 18.2 Å². The molecule has 2 heterocycles. The van der Waals surface area contributed by atoms with Crippen molar-refractivity contribution in [2.45, 2.75) is 40.2 Å². The molecule has 1 aliphatic heterocycles. The summed E-state index contributed by atoms with van der Waals surface area (Å²) in [5.74, 6) is 0.139. The molecule has 1 saturated carbocycles. The minimum absolute atomic E-state index is 0.0614. The third-order valence-corrected chi connectivity index (χ3v) is 9.21. The van der Waals surface area contributed by atoms with Crippen molar-refractivity contribution in [2.24, 2.45) is 17.8 Å². The van der Waals surface area contributed by atoms with Gasteiger partial charge in [0.25, 0.3) is 5.91 Å². The normalized spacial score (nSPS) is 20.0. The number of carbonyl (C=O) groups is 2. The molecule has 2 atom stereocenters. The van der Waals surface area contributed by atoms with Crippen LogP contribution in [0.5, 0.6) is 5.75 Å². The molecule has 1 aromatic heterocycles. The lowest BCUT2D eigenvalue weighted by atomic mass is 9.85. The summed E-state index contributed by atoms with van der Waals surface area (Å²) < 4.78 is 6.32. The van der Waals surface area contributed by atoms with E-state index < -0.39 is 5.97 Å². The van der Waals surface area contributed by atoms with Gasteiger partial charge in [-0.1, -0.05) is 17.7 Å². The van der Waals surface area contributed by atoms with E-state index in [0.717, 1.165) is 64.8 Å². The summed E-state index contributed by atoms with van der Waals surface area (Å²) in [5, 5.41) is 21.9. The molecule has 2 aromatic carbocycles. The largest absolute Gasteiger partial charge is 0.488 e. The zero-order chi connectivity index (χ0) is 28.4. The maximum Gasteiger partial charge on any atom is 0.307 e.